The Hall–Kier alpha value is -0.0400. The van der Waals surface area contributed by atoms with Gasteiger partial charge in [0, 0.05) is 18.6 Å². The molecule has 0 aromatic heterocycles. The third-order valence-electron chi connectivity index (χ3n) is 4.14. The highest BCUT2D eigenvalue weighted by Gasteiger charge is 2.31. The smallest absolute Gasteiger partial charge is 0.00929 e. The lowest BCUT2D eigenvalue weighted by molar-refractivity contribution is 0.0892. The molecular weight excluding hydrogens is 182 g/mol. The molecule has 0 spiro atoms. The van der Waals surface area contributed by atoms with Crippen molar-refractivity contribution in [3.63, 3.8) is 0 Å². The van der Waals surface area contributed by atoms with Gasteiger partial charge in [0.1, 0.15) is 0 Å². The van der Waals surface area contributed by atoms with Gasteiger partial charge in [-0.25, -0.2) is 0 Å². The van der Waals surface area contributed by atoms with Crippen LogP contribution in [-0.4, -0.2) is 23.5 Å². The predicted molar refractivity (Wildman–Crippen MR) is 68.0 cm³/mol. The first kappa shape index (κ1) is 13.0. The lowest BCUT2D eigenvalue weighted by atomic mass is 9.97. The van der Waals surface area contributed by atoms with Gasteiger partial charge in [0.25, 0.3) is 0 Å². The number of hydrogen-bond acceptors (Lipinski definition) is 1. The molecule has 0 bridgehead atoms. The Morgan fingerprint density at radius 2 is 1.27 bits per heavy atom. The van der Waals surface area contributed by atoms with Gasteiger partial charge in [0.2, 0.25) is 0 Å². The van der Waals surface area contributed by atoms with E-state index in [-0.39, 0.29) is 0 Å². The highest BCUT2D eigenvalue weighted by Crippen LogP contribution is 2.32. The summed E-state index contributed by atoms with van der Waals surface area (Å²) in [5.74, 6) is 2.54. The van der Waals surface area contributed by atoms with Gasteiger partial charge in [-0.1, -0.05) is 27.7 Å². The summed E-state index contributed by atoms with van der Waals surface area (Å²) >= 11 is 0. The molecule has 0 aliphatic heterocycles. The van der Waals surface area contributed by atoms with Crippen LogP contribution >= 0.6 is 0 Å². The third kappa shape index (κ3) is 3.79. The van der Waals surface area contributed by atoms with Crippen LogP contribution in [-0.2, 0) is 0 Å². The Labute approximate surface area is 96.2 Å². The van der Waals surface area contributed by atoms with Crippen molar-refractivity contribution >= 4 is 0 Å². The van der Waals surface area contributed by atoms with Crippen LogP contribution in [0.2, 0.25) is 0 Å². The monoisotopic (exact) mass is 211 g/mol. The molecule has 0 unspecified atom stereocenters. The van der Waals surface area contributed by atoms with Crippen LogP contribution in [0, 0.1) is 17.8 Å². The predicted octanol–water partition coefficient (Wildman–Crippen LogP) is 3.79. The van der Waals surface area contributed by atoms with Crippen LogP contribution in [0.1, 0.15) is 54.4 Å². The minimum atomic E-state index is 0.725. The van der Waals surface area contributed by atoms with Crippen molar-refractivity contribution in [3.05, 3.63) is 0 Å². The standard InChI is InChI=1S/C14H29N/c1-10(2)12(5)15(9-14-7-8-14)13(6)11(3)4/h10-14H,7-9H2,1-6H3/t12-,13-/m0/s1. The summed E-state index contributed by atoms with van der Waals surface area (Å²) in [6, 6.07) is 1.45. The van der Waals surface area contributed by atoms with Crippen LogP contribution in [0.3, 0.4) is 0 Å². The van der Waals surface area contributed by atoms with E-state index in [9.17, 15) is 0 Å². The molecule has 1 saturated carbocycles. The van der Waals surface area contributed by atoms with Crippen LogP contribution in [0.5, 0.6) is 0 Å². The van der Waals surface area contributed by atoms with Gasteiger partial charge in [-0.3, -0.25) is 4.90 Å². The Balaban J connectivity index is 2.57. The Kier molecular flexibility index (Phi) is 4.64. The molecule has 0 heterocycles. The molecule has 1 aliphatic carbocycles. The first-order valence-electron chi connectivity index (χ1n) is 6.69. The quantitative estimate of drug-likeness (QED) is 0.646. The first-order chi connectivity index (χ1) is 6.93. The van der Waals surface area contributed by atoms with Crippen molar-refractivity contribution in [2.24, 2.45) is 17.8 Å². The minimum absolute atomic E-state index is 0.725. The number of nitrogens with zero attached hydrogens (tertiary/aromatic N) is 1. The zero-order valence-electron chi connectivity index (χ0n) is 11.5. The van der Waals surface area contributed by atoms with E-state index in [4.69, 9.17) is 0 Å². The summed E-state index contributed by atoms with van der Waals surface area (Å²) in [5.41, 5.74) is 0. The SMILES string of the molecule is CC(C)[C@H](C)N(CC1CC1)[C@@H](C)C(C)C. The largest absolute Gasteiger partial charge is 0.297 e. The molecule has 90 valence electrons. The van der Waals surface area contributed by atoms with E-state index in [1.165, 1.54) is 19.4 Å². The van der Waals surface area contributed by atoms with Gasteiger partial charge in [-0.05, 0) is 44.4 Å². The average Bonchev–Trinajstić information content (AvgIpc) is 2.95. The summed E-state index contributed by atoms with van der Waals surface area (Å²) in [6.45, 7) is 15.5. The molecule has 1 fully saturated rings. The molecule has 1 heteroatoms. The second-order valence-electron chi connectivity index (χ2n) is 6.11. The minimum Gasteiger partial charge on any atom is -0.297 e. The molecule has 0 amide bonds. The van der Waals surface area contributed by atoms with Crippen LogP contribution < -0.4 is 0 Å². The van der Waals surface area contributed by atoms with E-state index < -0.39 is 0 Å². The molecule has 0 saturated heterocycles. The van der Waals surface area contributed by atoms with Gasteiger partial charge < -0.3 is 0 Å². The molecule has 1 nitrogen and oxygen atoms in total. The van der Waals surface area contributed by atoms with Crippen molar-refractivity contribution in [2.75, 3.05) is 6.54 Å². The van der Waals surface area contributed by atoms with Crippen LogP contribution in [0.15, 0.2) is 0 Å². The molecule has 0 aromatic rings. The Morgan fingerprint density at radius 1 is 0.867 bits per heavy atom. The Bertz CT molecular complexity index is 168. The lowest BCUT2D eigenvalue weighted by Gasteiger charge is -2.39. The highest BCUT2D eigenvalue weighted by atomic mass is 15.2. The molecule has 0 radical (unpaired) electrons. The van der Waals surface area contributed by atoms with Crippen molar-refractivity contribution in [1.82, 2.24) is 4.90 Å². The maximum atomic E-state index is 2.74. The van der Waals surface area contributed by atoms with Gasteiger partial charge in [0.05, 0.1) is 0 Å². The van der Waals surface area contributed by atoms with E-state index >= 15 is 0 Å². The van der Waals surface area contributed by atoms with Crippen molar-refractivity contribution in [3.8, 4) is 0 Å². The molecule has 1 aliphatic rings. The topological polar surface area (TPSA) is 3.24 Å². The second-order valence-corrected chi connectivity index (χ2v) is 6.11. The molecule has 0 N–H and O–H groups in total. The molecule has 0 aromatic carbocycles. The van der Waals surface area contributed by atoms with E-state index in [2.05, 4.69) is 46.4 Å². The Morgan fingerprint density at radius 3 is 1.53 bits per heavy atom. The molecular formula is C14H29N. The second kappa shape index (κ2) is 5.34. The van der Waals surface area contributed by atoms with Gasteiger partial charge in [-0.15, -0.1) is 0 Å². The fourth-order valence-corrected chi connectivity index (χ4v) is 2.07. The van der Waals surface area contributed by atoms with Crippen molar-refractivity contribution < 1.29 is 0 Å². The maximum Gasteiger partial charge on any atom is 0.00929 e. The highest BCUT2D eigenvalue weighted by molar-refractivity contribution is 4.84. The fourth-order valence-electron chi connectivity index (χ4n) is 2.07. The van der Waals surface area contributed by atoms with Crippen LogP contribution in [0.4, 0.5) is 0 Å². The normalized spacial score (nSPS) is 21.4. The number of hydrogen-bond donors (Lipinski definition) is 0. The maximum absolute atomic E-state index is 2.74. The summed E-state index contributed by atoms with van der Waals surface area (Å²) in [6.07, 6.45) is 2.93. The zero-order valence-corrected chi connectivity index (χ0v) is 11.5. The zero-order chi connectivity index (χ0) is 11.6. The molecule has 1 rings (SSSR count). The van der Waals surface area contributed by atoms with E-state index in [1.807, 2.05) is 0 Å². The third-order valence-corrected chi connectivity index (χ3v) is 4.14. The molecule has 15 heavy (non-hydrogen) atoms. The van der Waals surface area contributed by atoms with Crippen molar-refractivity contribution in [2.45, 2.75) is 66.5 Å². The van der Waals surface area contributed by atoms with E-state index in [0.29, 0.717) is 0 Å². The first-order valence-corrected chi connectivity index (χ1v) is 6.69. The molecule has 2 atom stereocenters. The summed E-state index contributed by atoms with van der Waals surface area (Å²) in [5, 5.41) is 0. The summed E-state index contributed by atoms with van der Waals surface area (Å²) < 4.78 is 0. The van der Waals surface area contributed by atoms with Gasteiger partial charge in [-0.2, -0.15) is 0 Å². The van der Waals surface area contributed by atoms with Gasteiger partial charge >= 0.3 is 0 Å². The van der Waals surface area contributed by atoms with Crippen LogP contribution in [0.25, 0.3) is 0 Å². The number of rotatable bonds is 6. The average molecular weight is 211 g/mol. The van der Waals surface area contributed by atoms with E-state index in [0.717, 1.165) is 29.8 Å². The fraction of sp³-hybridized carbons (Fsp3) is 1.00. The summed E-state index contributed by atoms with van der Waals surface area (Å²) in [7, 11) is 0. The van der Waals surface area contributed by atoms with Crippen molar-refractivity contribution in [1.29, 1.82) is 0 Å². The van der Waals surface area contributed by atoms with E-state index in [1.54, 1.807) is 0 Å². The van der Waals surface area contributed by atoms with Gasteiger partial charge in [0.15, 0.2) is 0 Å². The lowest BCUT2D eigenvalue weighted by Crippen LogP contribution is -2.46. The summed E-state index contributed by atoms with van der Waals surface area (Å²) in [4.78, 5) is 2.74.